The maximum atomic E-state index is 2.62. The quantitative estimate of drug-likeness (QED) is 0.140. The molecule has 0 heterocycles. The van der Waals surface area contributed by atoms with E-state index in [1.54, 1.807) is 11.1 Å². The molecule has 0 radical (unpaired) electrons. The molecule has 0 saturated heterocycles. The molecular formula is C63H65N. The lowest BCUT2D eigenvalue weighted by atomic mass is 9.78. The smallest absolute Gasteiger partial charge is 0.0467 e. The summed E-state index contributed by atoms with van der Waals surface area (Å²) in [5.74, 6) is 2.08. The summed E-state index contributed by atoms with van der Waals surface area (Å²) < 4.78 is 0. The van der Waals surface area contributed by atoms with Crippen molar-refractivity contribution in [3.8, 4) is 44.5 Å². The Bertz CT molecular complexity index is 2710. The van der Waals surface area contributed by atoms with E-state index in [0.29, 0.717) is 17.8 Å². The Morgan fingerprint density at radius 2 is 0.812 bits per heavy atom. The standard InChI is InChI=1S/C63H65N/c1-63(2)61-30-13-12-29-59(61)60-36-35-58(43-62(60)63)64(56-33-31-47(32-34-56)49-24-14-23-48(37-49)44-17-6-3-7-18-44)57-28-16-27-52(42-57)50-25-15-26-51(38-50)55-40-53(45-19-8-4-9-20-45)39-54(41-55)46-21-10-5-11-22-46/h12-16,23-46H,3-11,17-22H2,1-2H3. The molecule has 0 bridgehead atoms. The lowest BCUT2D eigenvalue weighted by Crippen LogP contribution is -2.16. The highest BCUT2D eigenvalue weighted by molar-refractivity contribution is 5.87. The van der Waals surface area contributed by atoms with Crippen LogP contribution in [0.25, 0.3) is 44.5 Å². The van der Waals surface area contributed by atoms with Gasteiger partial charge in [-0.15, -0.1) is 0 Å². The molecule has 0 aliphatic heterocycles. The van der Waals surface area contributed by atoms with E-state index in [1.807, 2.05) is 0 Å². The Kier molecular flexibility index (Phi) is 11.4. The first-order chi connectivity index (χ1) is 31.5. The van der Waals surface area contributed by atoms with Crippen molar-refractivity contribution in [2.24, 2.45) is 0 Å². The normalized spacial score (nSPS) is 17.8. The van der Waals surface area contributed by atoms with E-state index < -0.39 is 0 Å². The van der Waals surface area contributed by atoms with E-state index in [9.17, 15) is 0 Å². The molecule has 0 N–H and O–H groups in total. The second-order valence-corrected chi connectivity index (χ2v) is 20.4. The Hall–Kier alpha value is -5.66. The fourth-order valence-electron chi connectivity index (χ4n) is 12.4. The third-order valence-corrected chi connectivity index (χ3v) is 16.0. The molecule has 0 spiro atoms. The van der Waals surface area contributed by atoms with Gasteiger partial charge in [-0.05, 0) is 171 Å². The van der Waals surface area contributed by atoms with E-state index >= 15 is 0 Å². The number of benzene rings is 7. The van der Waals surface area contributed by atoms with Gasteiger partial charge in [-0.1, -0.05) is 187 Å². The minimum Gasteiger partial charge on any atom is -0.310 e. The molecule has 1 heteroatoms. The fraction of sp³-hybridized carbons (Fsp3) is 0.333. The van der Waals surface area contributed by atoms with Gasteiger partial charge in [-0.2, -0.15) is 0 Å². The minimum atomic E-state index is -0.0890. The van der Waals surface area contributed by atoms with Gasteiger partial charge in [-0.3, -0.25) is 0 Å². The molecule has 0 aromatic heterocycles. The van der Waals surface area contributed by atoms with Crippen molar-refractivity contribution >= 4 is 17.1 Å². The fourth-order valence-corrected chi connectivity index (χ4v) is 12.4. The van der Waals surface area contributed by atoms with Crippen molar-refractivity contribution in [3.63, 3.8) is 0 Å². The lowest BCUT2D eigenvalue weighted by Gasteiger charge is -2.28. The molecule has 1 nitrogen and oxygen atoms in total. The van der Waals surface area contributed by atoms with Crippen LogP contribution in [0.3, 0.4) is 0 Å². The van der Waals surface area contributed by atoms with Crippen molar-refractivity contribution in [3.05, 3.63) is 186 Å². The van der Waals surface area contributed by atoms with E-state index in [4.69, 9.17) is 0 Å². The largest absolute Gasteiger partial charge is 0.310 e. The van der Waals surface area contributed by atoms with Crippen molar-refractivity contribution in [2.75, 3.05) is 4.90 Å². The molecule has 322 valence electrons. The molecule has 7 aromatic carbocycles. The Morgan fingerprint density at radius 1 is 0.328 bits per heavy atom. The average Bonchev–Trinajstić information content (AvgIpc) is 3.60. The molecule has 0 amide bonds. The van der Waals surface area contributed by atoms with Gasteiger partial charge >= 0.3 is 0 Å². The molecule has 64 heavy (non-hydrogen) atoms. The first-order valence-electron chi connectivity index (χ1n) is 25.1. The first-order valence-corrected chi connectivity index (χ1v) is 25.1. The monoisotopic (exact) mass is 836 g/mol. The Morgan fingerprint density at radius 3 is 1.47 bits per heavy atom. The molecular weight excluding hydrogens is 771 g/mol. The van der Waals surface area contributed by atoms with Crippen LogP contribution in [0.1, 0.15) is 156 Å². The van der Waals surface area contributed by atoms with Gasteiger partial charge in [-0.25, -0.2) is 0 Å². The average molecular weight is 836 g/mol. The third-order valence-electron chi connectivity index (χ3n) is 16.0. The van der Waals surface area contributed by atoms with Gasteiger partial charge in [0.15, 0.2) is 0 Å². The maximum absolute atomic E-state index is 2.62. The number of rotatable bonds is 9. The van der Waals surface area contributed by atoms with Gasteiger partial charge in [0, 0.05) is 22.5 Å². The van der Waals surface area contributed by atoms with Crippen LogP contribution in [-0.4, -0.2) is 0 Å². The Balaban J connectivity index is 0.972. The van der Waals surface area contributed by atoms with Crippen LogP contribution in [0, 0.1) is 0 Å². The molecule has 0 unspecified atom stereocenters. The highest BCUT2D eigenvalue weighted by Gasteiger charge is 2.36. The summed E-state index contributed by atoms with van der Waals surface area (Å²) in [6, 6.07) is 61.3. The van der Waals surface area contributed by atoms with Crippen molar-refractivity contribution < 1.29 is 0 Å². The first kappa shape index (κ1) is 41.1. The summed E-state index contributed by atoms with van der Waals surface area (Å²) in [5.41, 5.74) is 21.4. The van der Waals surface area contributed by atoms with Crippen LogP contribution in [-0.2, 0) is 5.41 Å². The summed E-state index contributed by atoms with van der Waals surface area (Å²) in [7, 11) is 0. The van der Waals surface area contributed by atoms with E-state index in [1.165, 1.54) is 175 Å². The highest BCUT2D eigenvalue weighted by Crippen LogP contribution is 2.51. The van der Waals surface area contributed by atoms with Crippen molar-refractivity contribution in [2.45, 2.75) is 133 Å². The van der Waals surface area contributed by atoms with Crippen LogP contribution in [0.5, 0.6) is 0 Å². The number of fused-ring (bicyclic) bond motifs is 3. The molecule has 0 atom stereocenters. The van der Waals surface area contributed by atoms with Gasteiger partial charge in [0.05, 0.1) is 0 Å². The molecule has 3 fully saturated rings. The zero-order chi connectivity index (χ0) is 43.0. The summed E-state index contributed by atoms with van der Waals surface area (Å²) in [5, 5.41) is 0. The summed E-state index contributed by atoms with van der Waals surface area (Å²) >= 11 is 0. The van der Waals surface area contributed by atoms with E-state index in [2.05, 4.69) is 176 Å². The minimum absolute atomic E-state index is 0.0890. The second-order valence-electron chi connectivity index (χ2n) is 20.4. The summed E-state index contributed by atoms with van der Waals surface area (Å²) in [6.07, 6.45) is 20.3. The summed E-state index contributed by atoms with van der Waals surface area (Å²) in [6.45, 7) is 4.77. The Labute approximate surface area is 383 Å². The van der Waals surface area contributed by atoms with Crippen molar-refractivity contribution in [1.82, 2.24) is 0 Å². The topological polar surface area (TPSA) is 3.24 Å². The molecule has 11 rings (SSSR count). The van der Waals surface area contributed by atoms with Crippen LogP contribution in [0.15, 0.2) is 158 Å². The molecule has 4 aliphatic carbocycles. The van der Waals surface area contributed by atoms with Gasteiger partial charge in [0.25, 0.3) is 0 Å². The van der Waals surface area contributed by atoms with Crippen LogP contribution in [0.4, 0.5) is 17.1 Å². The van der Waals surface area contributed by atoms with E-state index in [0.717, 1.165) is 0 Å². The molecule has 3 saturated carbocycles. The zero-order valence-electron chi connectivity index (χ0n) is 38.3. The number of hydrogen-bond donors (Lipinski definition) is 0. The predicted molar refractivity (Wildman–Crippen MR) is 272 cm³/mol. The predicted octanol–water partition coefficient (Wildman–Crippen LogP) is 18.6. The van der Waals surface area contributed by atoms with Gasteiger partial charge in [0.1, 0.15) is 0 Å². The summed E-state index contributed by atoms with van der Waals surface area (Å²) in [4.78, 5) is 2.49. The van der Waals surface area contributed by atoms with Gasteiger partial charge in [0.2, 0.25) is 0 Å². The SMILES string of the molecule is CC1(C)c2ccccc2-c2ccc(N(c3ccc(-c4cccc(C5CCCCC5)c4)cc3)c3cccc(-c4cccc(-c5cc(C6CCCCC6)cc(C6CCCCC6)c5)c4)c3)cc21. The molecule has 7 aromatic rings. The lowest BCUT2D eigenvalue weighted by molar-refractivity contribution is 0.435. The zero-order valence-corrected chi connectivity index (χ0v) is 38.3. The maximum Gasteiger partial charge on any atom is 0.0467 e. The highest BCUT2D eigenvalue weighted by atomic mass is 15.1. The van der Waals surface area contributed by atoms with E-state index in [-0.39, 0.29) is 5.41 Å². The number of nitrogens with zero attached hydrogens (tertiary/aromatic N) is 1. The number of anilines is 3. The number of hydrogen-bond acceptors (Lipinski definition) is 1. The van der Waals surface area contributed by atoms with Crippen molar-refractivity contribution in [1.29, 1.82) is 0 Å². The van der Waals surface area contributed by atoms with Crippen LogP contribution in [0.2, 0.25) is 0 Å². The molecule has 4 aliphatic rings. The van der Waals surface area contributed by atoms with Crippen LogP contribution >= 0.6 is 0 Å². The second kappa shape index (κ2) is 17.7. The third kappa shape index (κ3) is 8.06. The van der Waals surface area contributed by atoms with Gasteiger partial charge < -0.3 is 4.90 Å². The van der Waals surface area contributed by atoms with Crippen LogP contribution < -0.4 is 4.90 Å².